The highest BCUT2D eigenvalue weighted by molar-refractivity contribution is 5.97. The Balaban J connectivity index is 2.34. The van der Waals surface area contributed by atoms with E-state index in [2.05, 4.69) is 10.2 Å². The van der Waals surface area contributed by atoms with Crippen LogP contribution in [0.4, 0.5) is 0 Å². The highest BCUT2D eigenvalue weighted by atomic mass is 16.5. The summed E-state index contributed by atoms with van der Waals surface area (Å²) in [5.74, 6) is -0.203. The van der Waals surface area contributed by atoms with Gasteiger partial charge in [-0.3, -0.25) is 9.69 Å². The van der Waals surface area contributed by atoms with E-state index in [1.54, 1.807) is 4.90 Å². The zero-order chi connectivity index (χ0) is 17.1. The minimum absolute atomic E-state index is 0.155. The number of carbonyl (C=O) groups is 1. The molecule has 130 valence electrons. The summed E-state index contributed by atoms with van der Waals surface area (Å²) in [4.78, 5) is 16.3. The molecule has 7 heteroatoms. The maximum Gasteiger partial charge on any atom is 0.266 e. The van der Waals surface area contributed by atoms with Gasteiger partial charge in [-0.2, -0.15) is 5.26 Å². The molecule has 0 spiro atoms. The third kappa shape index (κ3) is 7.46. The largest absolute Gasteiger partial charge is 0.390 e. The second-order valence-electron chi connectivity index (χ2n) is 5.82. The van der Waals surface area contributed by atoms with Gasteiger partial charge in [0.05, 0.1) is 6.10 Å². The summed E-state index contributed by atoms with van der Waals surface area (Å²) < 4.78 is 5.43. The summed E-state index contributed by atoms with van der Waals surface area (Å²) >= 11 is 0. The molecule has 1 heterocycles. The van der Waals surface area contributed by atoms with Gasteiger partial charge in [0.2, 0.25) is 0 Å². The summed E-state index contributed by atoms with van der Waals surface area (Å²) in [5, 5.41) is 12.2. The zero-order valence-electron chi connectivity index (χ0n) is 14.3. The van der Waals surface area contributed by atoms with Crippen LogP contribution >= 0.6 is 0 Å². The van der Waals surface area contributed by atoms with E-state index in [9.17, 15) is 10.1 Å². The standard InChI is InChI=1S/C16H29N5O2/c1-14(2)23-11-3-5-19-13-15(12-18)16(22)21-9-7-20(6-4-17)8-10-21/h13-14,19H,3-11,17H2,1-2H3/b15-13-. The van der Waals surface area contributed by atoms with Crippen molar-refractivity contribution in [1.29, 1.82) is 5.26 Å². The first-order valence-corrected chi connectivity index (χ1v) is 8.25. The highest BCUT2D eigenvalue weighted by Gasteiger charge is 2.23. The summed E-state index contributed by atoms with van der Waals surface area (Å²) in [6, 6.07) is 1.99. The average Bonchev–Trinajstić information content (AvgIpc) is 2.54. The molecule has 0 aliphatic carbocycles. The van der Waals surface area contributed by atoms with E-state index in [0.29, 0.717) is 32.8 Å². The molecule has 1 rings (SSSR count). The molecule has 0 unspecified atom stereocenters. The predicted molar refractivity (Wildman–Crippen MR) is 89.5 cm³/mol. The van der Waals surface area contributed by atoms with E-state index in [1.165, 1.54) is 6.20 Å². The normalized spacial score (nSPS) is 16.5. The van der Waals surface area contributed by atoms with E-state index < -0.39 is 0 Å². The molecule has 3 N–H and O–H groups in total. The van der Waals surface area contributed by atoms with Crippen LogP contribution in [0.2, 0.25) is 0 Å². The number of nitriles is 1. The van der Waals surface area contributed by atoms with Crippen molar-refractivity contribution in [1.82, 2.24) is 15.1 Å². The minimum Gasteiger partial charge on any atom is -0.390 e. The Labute approximate surface area is 139 Å². The van der Waals surface area contributed by atoms with Gasteiger partial charge < -0.3 is 20.7 Å². The Morgan fingerprint density at radius 2 is 2.09 bits per heavy atom. The minimum atomic E-state index is -0.203. The molecule has 23 heavy (non-hydrogen) atoms. The lowest BCUT2D eigenvalue weighted by molar-refractivity contribution is -0.128. The van der Waals surface area contributed by atoms with Gasteiger partial charge in [-0.25, -0.2) is 0 Å². The van der Waals surface area contributed by atoms with Crippen molar-refractivity contribution >= 4 is 5.91 Å². The molecule has 0 bridgehead atoms. The number of ether oxygens (including phenoxy) is 1. The fourth-order valence-corrected chi connectivity index (χ4v) is 2.34. The number of nitrogens with two attached hydrogens (primary N) is 1. The smallest absolute Gasteiger partial charge is 0.266 e. The Morgan fingerprint density at radius 3 is 2.65 bits per heavy atom. The molecule has 1 amide bonds. The van der Waals surface area contributed by atoms with Crippen LogP contribution in [0.3, 0.4) is 0 Å². The number of carbonyl (C=O) groups excluding carboxylic acids is 1. The fourth-order valence-electron chi connectivity index (χ4n) is 2.34. The second kappa shape index (κ2) is 11.0. The quantitative estimate of drug-likeness (QED) is 0.350. The van der Waals surface area contributed by atoms with Crippen molar-refractivity contribution in [3.8, 4) is 6.07 Å². The lowest BCUT2D eigenvalue weighted by Crippen LogP contribution is -2.50. The van der Waals surface area contributed by atoms with Crippen LogP contribution in [0, 0.1) is 11.3 Å². The van der Waals surface area contributed by atoms with Crippen LogP contribution in [-0.4, -0.2) is 74.2 Å². The number of piperazine rings is 1. The molecule has 0 radical (unpaired) electrons. The van der Waals surface area contributed by atoms with Gasteiger partial charge in [0, 0.05) is 58.6 Å². The first-order chi connectivity index (χ1) is 11.1. The van der Waals surface area contributed by atoms with Crippen LogP contribution in [0.5, 0.6) is 0 Å². The molecule has 1 saturated heterocycles. The molecule has 0 atom stereocenters. The Kier molecular flexibility index (Phi) is 9.29. The number of nitrogens with zero attached hydrogens (tertiary/aromatic N) is 3. The summed E-state index contributed by atoms with van der Waals surface area (Å²) in [7, 11) is 0. The summed E-state index contributed by atoms with van der Waals surface area (Å²) in [6.07, 6.45) is 2.57. The van der Waals surface area contributed by atoms with Crippen LogP contribution in [0.25, 0.3) is 0 Å². The first kappa shape index (κ1) is 19.4. The molecule has 1 aliphatic rings. The summed E-state index contributed by atoms with van der Waals surface area (Å²) in [6.45, 7) is 9.70. The molecule has 0 saturated carbocycles. The van der Waals surface area contributed by atoms with E-state index in [4.69, 9.17) is 10.5 Å². The van der Waals surface area contributed by atoms with Crippen LogP contribution < -0.4 is 11.1 Å². The second-order valence-corrected chi connectivity index (χ2v) is 5.82. The Hall–Kier alpha value is -1.62. The molecule has 0 aromatic carbocycles. The van der Waals surface area contributed by atoms with E-state index in [1.807, 2.05) is 19.9 Å². The maximum absolute atomic E-state index is 12.3. The van der Waals surface area contributed by atoms with Crippen molar-refractivity contribution in [2.24, 2.45) is 5.73 Å². The van der Waals surface area contributed by atoms with Crippen molar-refractivity contribution in [2.45, 2.75) is 26.4 Å². The number of amides is 1. The lowest BCUT2D eigenvalue weighted by Gasteiger charge is -2.34. The van der Waals surface area contributed by atoms with Crippen molar-refractivity contribution in [3.05, 3.63) is 11.8 Å². The van der Waals surface area contributed by atoms with Crippen LogP contribution in [0.15, 0.2) is 11.8 Å². The first-order valence-electron chi connectivity index (χ1n) is 8.25. The number of rotatable bonds is 9. The van der Waals surface area contributed by atoms with Gasteiger partial charge >= 0.3 is 0 Å². The number of hydrogen-bond donors (Lipinski definition) is 2. The zero-order valence-corrected chi connectivity index (χ0v) is 14.3. The average molecular weight is 323 g/mol. The van der Waals surface area contributed by atoms with E-state index in [0.717, 1.165) is 26.1 Å². The lowest BCUT2D eigenvalue weighted by atomic mass is 10.2. The van der Waals surface area contributed by atoms with E-state index in [-0.39, 0.29) is 17.6 Å². The monoisotopic (exact) mass is 323 g/mol. The SMILES string of the molecule is CC(C)OCCCN/C=C(/C#N)C(=O)N1CCN(CCN)CC1. The van der Waals surface area contributed by atoms with Crippen molar-refractivity contribution < 1.29 is 9.53 Å². The molecule has 0 aromatic heterocycles. The molecular formula is C16H29N5O2. The number of nitrogens with one attached hydrogen (secondary N) is 1. The van der Waals surface area contributed by atoms with Gasteiger partial charge in [-0.1, -0.05) is 0 Å². The van der Waals surface area contributed by atoms with Gasteiger partial charge in [-0.05, 0) is 20.3 Å². The molecule has 1 aliphatic heterocycles. The van der Waals surface area contributed by atoms with Gasteiger partial charge in [0.15, 0.2) is 0 Å². The third-order valence-corrected chi connectivity index (χ3v) is 3.62. The highest BCUT2D eigenvalue weighted by Crippen LogP contribution is 2.06. The van der Waals surface area contributed by atoms with Crippen LogP contribution in [0.1, 0.15) is 20.3 Å². The van der Waals surface area contributed by atoms with Gasteiger partial charge in [-0.15, -0.1) is 0 Å². The predicted octanol–water partition coefficient (Wildman–Crippen LogP) is -0.0985. The maximum atomic E-state index is 12.3. The molecular weight excluding hydrogens is 294 g/mol. The van der Waals surface area contributed by atoms with Crippen molar-refractivity contribution in [3.63, 3.8) is 0 Å². The van der Waals surface area contributed by atoms with Crippen molar-refractivity contribution in [2.75, 3.05) is 52.4 Å². The fraction of sp³-hybridized carbons (Fsp3) is 0.750. The van der Waals surface area contributed by atoms with Crippen LogP contribution in [-0.2, 0) is 9.53 Å². The topological polar surface area (TPSA) is 94.6 Å². The van der Waals surface area contributed by atoms with Gasteiger partial charge in [0.1, 0.15) is 11.6 Å². The van der Waals surface area contributed by atoms with Gasteiger partial charge in [0.25, 0.3) is 5.91 Å². The number of hydrogen-bond acceptors (Lipinski definition) is 6. The molecule has 0 aromatic rings. The summed E-state index contributed by atoms with van der Waals surface area (Å²) in [5.41, 5.74) is 5.69. The van der Waals surface area contributed by atoms with E-state index >= 15 is 0 Å². The molecule has 1 fully saturated rings. The Morgan fingerprint density at radius 1 is 1.39 bits per heavy atom. The molecule has 7 nitrogen and oxygen atoms in total. The Bertz CT molecular complexity index is 423. The third-order valence-electron chi connectivity index (χ3n) is 3.62.